The average molecular weight is 227 g/mol. The molecule has 94 valence electrons. The van der Waals surface area contributed by atoms with E-state index in [0.717, 1.165) is 25.3 Å². The molecule has 0 unspecified atom stereocenters. The number of nitrogens with one attached hydrogen (secondary N) is 1. The predicted molar refractivity (Wildman–Crippen MR) is 66.1 cm³/mol. The molecule has 0 aromatic rings. The van der Waals surface area contributed by atoms with E-state index in [1.165, 1.54) is 12.8 Å². The Morgan fingerprint density at radius 3 is 2.38 bits per heavy atom. The molecule has 0 radical (unpaired) electrons. The summed E-state index contributed by atoms with van der Waals surface area (Å²) in [6.45, 7) is 2.89. The van der Waals surface area contributed by atoms with Gasteiger partial charge in [-0.1, -0.05) is 0 Å². The summed E-state index contributed by atoms with van der Waals surface area (Å²) in [5, 5.41) is 3.01. The maximum Gasteiger partial charge on any atom is 0.236 e. The molecule has 0 heterocycles. The van der Waals surface area contributed by atoms with Crippen molar-refractivity contribution in [1.29, 1.82) is 0 Å². The first kappa shape index (κ1) is 13.5. The number of hydrogen-bond donors (Lipinski definition) is 2. The van der Waals surface area contributed by atoms with Gasteiger partial charge in [0.2, 0.25) is 5.91 Å². The van der Waals surface area contributed by atoms with Gasteiger partial charge in [0.1, 0.15) is 0 Å². The monoisotopic (exact) mass is 227 g/mol. The van der Waals surface area contributed by atoms with Crippen LogP contribution in [0.4, 0.5) is 0 Å². The normalized spacial score (nSPS) is 27.8. The molecule has 1 amide bonds. The molecule has 1 rings (SSSR count). The zero-order valence-electron chi connectivity index (χ0n) is 10.7. The van der Waals surface area contributed by atoms with Crippen LogP contribution in [0.1, 0.15) is 32.6 Å². The smallest absolute Gasteiger partial charge is 0.236 e. The zero-order valence-corrected chi connectivity index (χ0v) is 10.7. The molecular weight excluding hydrogens is 202 g/mol. The van der Waals surface area contributed by atoms with Crippen molar-refractivity contribution in [3.63, 3.8) is 0 Å². The third-order valence-electron chi connectivity index (χ3n) is 3.23. The Morgan fingerprint density at radius 2 is 1.94 bits per heavy atom. The Balaban J connectivity index is 2.24. The summed E-state index contributed by atoms with van der Waals surface area (Å²) in [5.41, 5.74) is 5.53. The summed E-state index contributed by atoms with van der Waals surface area (Å²) in [7, 11) is 4.23. The van der Waals surface area contributed by atoms with E-state index in [2.05, 4.69) is 24.3 Å². The van der Waals surface area contributed by atoms with Crippen LogP contribution in [0.15, 0.2) is 0 Å². The maximum absolute atomic E-state index is 11.4. The lowest BCUT2D eigenvalue weighted by atomic mass is 9.85. The number of nitrogens with zero attached hydrogens (tertiary/aromatic N) is 1. The molecule has 1 aliphatic rings. The van der Waals surface area contributed by atoms with Gasteiger partial charge in [-0.3, -0.25) is 4.79 Å². The van der Waals surface area contributed by atoms with Gasteiger partial charge in [-0.15, -0.1) is 0 Å². The quantitative estimate of drug-likeness (QED) is 0.738. The van der Waals surface area contributed by atoms with E-state index in [4.69, 9.17) is 5.73 Å². The predicted octanol–water partition coefficient (Wildman–Crippen LogP) is 0.570. The first-order valence-electron chi connectivity index (χ1n) is 6.19. The fourth-order valence-electron chi connectivity index (χ4n) is 2.34. The fourth-order valence-corrected chi connectivity index (χ4v) is 2.34. The fraction of sp³-hybridized carbons (Fsp3) is 0.917. The summed E-state index contributed by atoms with van der Waals surface area (Å²) in [5.74, 6) is 0.773. The number of carbonyl (C=O) groups excluding carboxylic acids is 1. The van der Waals surface area contributed by atoms with Crippen LogP contribution in [0.5, 0.6) is 0 Å². The zero-order chi connectivity index (χ0) is 12.1. The van der Waals surface area contributed by atoms with Gasteiger partial charge in [-0.2, -0.15) is 0 Å². The van der Waals surface area contributed by atoms with Crippen LogP contribution in [0, 0.1) is 5.92 Å². The highest BCUT2D eigenvalue weighted by molar-refractivity contribution is 5.81. The molecular formula is C12H25N3O. The van der Waals surface area contributed by atoms with E-state index in [1.54, 1.807) is 6.92 Å². The third kappa shape index (κ3) is 4.49. The molecule has 0 saturated heterocycles. The topological polar surface area (TPSA) is 58.4 Å². The van der Waals surface area contributed by atoms with E-state index in [0.29, 0.717) is 6.04 Å². The second-order valence-electron chi connectivity index (χ2n) is 5.28. The van der Waals surface area contributed by atoms with Crippen LogP contribution in [-0.4, -0.2) is 43.5 Å². The third-order valence-corrected chi connectivity index (χ3v) is 3.23. The van der Waals surface area contributed by atoms with Crippen molar-refractivity contribution >= 4 is 5.91 Å². The number of rotatable bonds is 4. The first-order valence-corrected chi connectivity index (χ1v) is 6.19. The Hall–Kier alpha value is -0.610. The molecule has 16 heavy (non-hydrogen) atoms. The van der Waals surface area contributed by atoms with Gasteiger partial charge in [-0.05, 0) is 52.6 Å². The molecule has 1 atom stereocenters. The van der Waals surface area contributed by atoms with Crippen LogP contribution in [0.3, 0.4) is 0 Å². The molecule has 0 spiro atoms. The molecule has 1 aliphatic carbocycles. The maximum atomic E-state index is 11.4. The molecule has 0 bridgehead atoms. The molecule has 4 heteroatoms. The van der Waals surface area contributed by atoms with Crippen molar-refractivity contribution in [2.24, 2.45) is 11.7 Å². The van der Waals surface area contributed by atoms with Crippen molar-refractivity contribution in [3.8, 4) is 0 Å². The van der Waals surface area contributed by atoms with Gasteiger partial charge in [0.15, 0.2) is 0 Å². The summed E-state index contributed by atoms with van der Waals surface area (Å²) >= 11 is 0. The number of nitrogens with two attached hydrogens (primary N) is 1. The van der Waals surface area contributed by atoms with E-state index in [9.17, 15) is 4.79 Å². The minimum absolute atomic E-state index is 0.0175. The summed E-state index contributed by atoms with van der Waals surface area (Å²) in [4.78, 5) is 13.7. The molecule has 0 aliphatic heterocycles. The Labute approximate surface area is 98.6 Å². The summed E-state index contributed by atoms with van der Waals surface area (Å²) < 4.78 is 0. The highest BCUT2D eigenvalue weighted by Crippen LogP contribution is 2.24. The van der Waals surface area contributed by atoms with Gasteiger partial charge >= 0.3 is 0 Å². The van der Waals surface area contributed by atoms with Gasteiger partial charge in [0.25, 0.3) is 0 Å². The summed E-state index contributed by atoms with van der Waals surface area (Å²) in [6, 6.07) is -0.0450. The Bertz CT molecular complexity index is 220. The Morgan fingerprint density at radius 1 is 1.38 bits per heavy atom. The van der Waals surface area contributed by atoms with E-state index in [1.807, 2.05) is 0 Å². The highest BCUT2D eigenvalue weighted by Gasteiger charge is 2.23. The van der Waals surface area contributed by atoms with Gasteiger partial charge in [0.05, 0.1) is 6.04 Å². The van der Waals surface area contributed by atoms with E-state index >= 15 is 0 Å². The minimum atomic E-state index is -0.389. The van der Waals surface area contributed by atoms with Gasteiger partial charge < -0.3 is 16.0 Å². The van der Waals surface area contributed by atoms with Crippen molar-refractivity contribution in [1.82, 2.24) is 10.2 Å². The largest absolute Gasteiger partial charge is 0.352 e. The number of hydrogen-bond acceptors (Lipinski definition) is 3. The second kappa shape index (κ2) is 6.21. The lowest BCUT2D eigenvalue weighted by Crippen LogP contribution is -2.45. The van der Waals surface area contributed by atoms with Gasteiger partial charge in [-0.25, -0.2) is 0 Å². The van der Waals surface area contributed by atoms with Gasteiger partial charge in [0, 0.05) is 12.6 Å². The SMILES string of the molecule is C[C@@H](N)C(=O)NC1CCC(CN(C)C)CC1. The highest BCUT2D eigenvalue weighted by atomic mass is 16.2. The van der Waals surface area contributed by atoms with Crippen LogP contribution < -0.4 is 11.1 Å². The number of amides is 1. The molecule has 0 aromatic heterocycles. The van der Waals surface area contributed by atoms with Crippen molar-refractivity contribution in [2.75, 3.05) is 20.6 Å². The molecule has 3 N–H and O–H groups in total. The molecule has 0 aromatic carbocycles. The van der Waals surface area contributed by atoms with E-state index in [-0.39, 0.29) is 11.9 Å². The number of carbonyl (C=O) groups is 1. The standard InChI is InChI=1S/C12H25N3O/c1-9(13)12(16)14-11-6-4-10(5-7-11)8-15(2)3/h9-11H,4-8,13H2,1-3H3,(H,14,16)/t9-,10?,11?/m1/s1. The summed E-state index contributed by atoms with van der Waals surface area (Å²) in [6.07, 6.45) is 4.61. The van der Waals surface area contributed by atoms with Crippen molar-refractivity contribution < 1.29 is 4.79 Å². The van der Waals surface area contributed by atoms with Crippen LogP contribution in [0.25, 0.3) is 0 Å². The lowest BCUT2D eigenvalue weighted by Gasteiger charge is -2.31. The molecule has 1 fully saturated rings. The first-order chi connectivity index (χ1) is 7.49. The van der Waals surface area contributed by atoms with Crippen LogP contribution in [0.2, 0.25) is 0 Å². The van der Waals surface area contributed by atoms with Crippen molar-refractivity contribution in [3.05, 3.63) is 0 Å². The van der Waals surface area contributed by atoms with E-state index < -0.39 is 0 Å². The Kier molecular flexibility index (Phi) is 5.22. The second-order valence-corrected chi connectivity index (χ2v) is 5.28. The molecule has 1 saturated carbocycles. The minimum Gasteiger partial charge on any atom is -0.352 e. The van der Waals surface area contributed by atoms with Crippen LogP contribution in [-0.2, 0) is 4.79 Å². The molecule has 4 nitrogen and oxygen atoms in total. The van der Waals surface area contributed by atoms with Crippen LogP contribution >= 0.6 is 0 Å². The average Bonchev–Trinajstić information content (AvgIpc) is 2.20. The lowest BCUT2D eigenvalue weighted by molar-refractivity contribution is -0.122. The van der Waals surface area contributed by atoms with Crippen molar-refractivity contribution in [2.45, 2.75) is 44.7 Å².